The number of aliphatic hydroxyl groups excluding tert-OH is 1. The first-order valence-corrected chi connectivity index (χ1v) is 11.3. The first-order chi connectivity index (χ1) is 16.5. The highest BCUT2D eigenvalue weighted by Crippen LogP contribution is 2.28. The Morgan fingerprint density at radius 2 is 1.94 bits per heavy atom. The molecule has 34 heavy (non-hydrogen) atoms. The van der Waals surface area contributed by atoms with Crippen molar-refractivity contribution in [3.8, 4) is 5.75 Å². The van der Waals surface area contributed by atoms with Crippen molar-refractivity contribution in [2.45, 2.75) is 19.3 Å². The third-order valence-corrected chi connectivity index (χ3v) is 5.74. The summed E-state index contributed by atoms with van der Waals surface area (Å²) in [4.78, 5) is 35.2. The largest absolute Gasteiger partial charge is 0.478 e. The summed E-state index contributed by atoms with van der Waals surface area (Å²) in [5.41, 5.74) is 1.17. The number of aliphatic hydroxyl groups is 1. The molecule has 11 heteroatoms. The second-order valence-corrected chi connectivity index (χ2v) is 8.05. The molecule has 4 rings (SSSR count). The summed E-state index contributed by atoms with van der Waals surface area (Å²) in [6, 6.07) is 7.20. The molecule has 1 amide bonds. The van der Waals surface area contributed by atoms with Crippen LogP contribution in [-0.4, -0.2) is 59.4 Å². The topological polar surface area (TPSA) is 122 Å². The van der Waals surface area contributed by atoms with Gasteiger partial charge in [-0.25, -0.2) is 4.98 Å². The number of aryl methyl sites for hydroxylation is 1. The van der Waals surface area contributed by atoms with Crippen molar-refractivity contribution in [1.29, 1.82) is 0 Å². The number of rotatable bonds is 6. The first-order valence-electron chi connectivity index (χ1n) is 10.9. The molecule has 2 aromatic heterocycles. The number of carbonyl (C=O) groups is 1. The number of piperidine rings is 1. The lowest BCUT2D eigenvalue weighted by molar-refractivity contribution is -0.122. The van der Waals surface area contributed by atoms with E-state index in [1.165, 1.54) is 18.0 Å². The summed E-state index contributed by atoms with van der Waals surface area (Å²) in [6.07, 6.45) is 5.09. The van der Waals surface area contributed by atoms with Gasteiger partial charge in [0.1, 0.15) is 5.02 Å². The maximum Gasteiger partial charge on any atom is 0.293 e. The minimum Gasteiger partial charge on any atom is -0.478 e. The summed E-state index contributed by atoms with van der Waals surface area (Å²) in [7, 11) is 4.17. The van der Waals surface area contributed by atoms with Gasteiger partial charge in [-0.3, -0.25) is 9.59 Å². The minimum absolute atomic E-state index is 0.105. The van der Waals surface area contributed by atoms with Gasteiger partial charge in [0.25, 0.3) is 11.5 Å². The molecule has 0 radical (unpaired) electrons. The molecule has 3 aromatic rings. The lowest BCUT2D eigenvalue weighted by atomic mass is 10.1. The molecule has 0 atom stereocenters. The molecule has 0 spiro atoms. The molecule has 0 unspecified atom stereocenters. The van der Waals surface area contributed by atoms with Gasteiger partial charge in [-0.05, 0) is 43.5 Å². The van der Waals surface area contributed by atoms with Gasteiger partial charge < -0.3 is 29.9 Å². The Labute approximate surface area is 202 Å². The SMILES string of the molecule is CNC(=O)COc1cc2cc(Nc3nc(N4CCCCC4)ncc3Cl)ccc2n(C)c1=O.CO. The van der Waals surface area contributed by atoms with Gasteiger partial charge in [-0.2, -0.15) is 4.98 Å². The third kappa shape index (κ3) is 5.75. The number of hydrogen-bond acceptors (Lipinski definition) is 8. The Hall–Kier alpha value is -3.37. The van der Waals surface area contributed by atoms with Crippen LogP contribution < -0.4 is 25.8 Å². The van der Waals surface area contributed by atoms with Crippen molar-refractivity contribution >= 4 is 45.9 Å². The number of anilines is 3. The normalized spacial score (nSPS) is 13.1. The average molecular weight is 489 g/mol. The van der Waals surface area contributed by atoms with E-state index in [1.807, 2.05) is 18.2 Å². The monoisotopic (exact) mass is 488 g/mol. The predicted molar refractivity (Wildman–Crippen MR) is 133 cm³/mol. The van der Waals surface area contributed by atoms with E-state index in [1.54, 1.807) is 19.3 Å². The Kier molecular flexibility index (Phi) is 8.67. The summed E-state index contributed by atoms with van der Waals surface area (Å²) < 4.78 is 6.92. The maximum absolute atomic E-state index is 12.5. The molecular weight excluding hydrogens is 460 g/mol. The smallest absolute Gasteiger partial charge is 0.293 e. The lowest BCUT2D eigenvalue weighted by Crippen LogP contribution is -2.31. The Balaban J connectivity index is 0.00000158. The van der Waals surface area contributed by atoms with Crippen LogP contribution in [0.3, 0.4) is 0 Å². The highest BCUT2D eigenvalue weighted by molar-refractivity contribution is 6.32. The minimum atomic E-state index is -0.314. The van der Waals surface area contributed by atoms with E-state index in [-0.39, 0.29) is 23.8 Å². The van der Waals surface area contributed by atoms with E-state index >= 15 is 0 Å². The molecule has 1 fully saturated rings. The summed E-state index contributed by atoms with van der Waals surface area (Å²) >= 11 is 6.35. The molecule has 3 heterocycles. The fourth-order valence-electron chi connectivity index (χ4n) is 3.68. The van der Waals surface area contributed by atoms with Gasteiger partial charge >= 0.3 is 0 Å². The van der Waals surface area contributed by atoms with Crippen LogP contribution in [0, 0.1) is 0 Å². The van der Waals surface area contributed by atoms with Gasteiger partial charge in [0.05, 0.1) is 11.7 Å². The Bertz CT molecular complexity index is 1210. The number of benzene rings is 1. The molecule has 0 aliphatic carbocycles. The van der Waals surface area contributed by atoms with Crippen molar-refractivity contribution in [2.24, 2.45) is 7.05 Å². The van der Waals surface area contributed by atoms with Crippen molar-refractivity contribution in [1.82, 2.24) is 19.9 Å². The molecule has 1 aromatic carbocycles. The number of carbonyl (C=O) groups excluding carboxylic acids is 1. The highest BCUT2D eigenvalue weighted by Gasteiger charge is 2.16. The van der Waals surface area contributed by atoms with E-state index in [0.717, 1.165) is 49.6 Å². The summed E-state index contributed by atoms with van der Waals surface area (Å²) in [5.74, 6) is 0.964. The van der Waals surface area contributed by atoms with E-state index in [2.05, 4.69) is 25.5 Å². The van der Waals surface area contributed by atoms with E-state index < -0.39 is 0 Å². The number of nitrogens with zero attached hydrogens (tertiary/aromatic N) is 4. The quantitative estimate of drug-likeness (QED) is 0.483. The van der Waals surface area contributed by atoms with E-state index in [4.69, 9.17) is 21.4 Å². The Morgan fingerprint density at radius 1 is 1.21 bits per heavy atom. The van der Waals surface area contributed by atoms with Crippen molar-refractivity contribution in [3.05, 3.63) is 45.8 Å². The van der Waals surface area contributed by atoms with Crippen LogP contribution in [0.15, 0.2) is 35.3 Å². The van der Waals surface area contributed by atoms with Gasteiger partial charge in [0.15, 0.2) is 18.2 Å². The molecule has 0 saturated carbocycles. The number of aromatic nitrogens is 3. The van der Waals surface area contributed by atoms with Gasteiger partial charge in [0.2, 0.25) is 5.95 Å². The first kappa shape index (κ1) is 25.3. The molecular formula is C23H29ClN6O4. The van der Waals surface area contributed by atoms with Crippen molar-refractivity contribution in [2.75, 3.05) is 44.1 Å². The second kappa shape index (κ2) is 11.7. The molecule has 1 aliphatic rings. The highest BCUT2D eigenvalue weighted by atomic mass is 35.5. The number of likely N-dealkylation sites (N-methyl/N-ethyl adjacent to an activating group) is 1. The average Bonchev–Trinajstić information content (AvgIpc) is 2.88. The zero-order chi connectivity index (χ0) is 24.7. The summed E-state index contributed by atoms with van der Waals surface area (Å²) in [6.45, 7) is 1.64. The lowest BCUT2D eigenvalue weighted by Gasteiger charge is -2.26. The summed E-state index contributed by atoms with van der Waals surface area (Å²) in [5, 5.41) is 13.9. The van der Waals surface area contributed by atoms with Crippen LogP contribution in [0.4, 0.5) is 17.5 Å². The molecule has 10 nitrogen and oxygen atoms in total. The van der Waals surface area contributed by atoms with Crippen LogP contribution in [0.2, 0.25) is 5.02 Å². The van der Waals surface area contributed by atoms with Crippen molar-refractivity contribution < 1.29 is 14.6 Å². The van der Waals surface area contributed by atoms with Crippen LogP contribution in [0.1, 0.15) is 19.3 Å². The van der Waals surface area contributed by atoms with Gasteiger partial charge in [-0.1, -0.05) is 11.6 Å². The number of pyridine rings is 1. The number of amides is 1. The Morgan fingerprint density at radius 3 is 2.65 bits per heavy atom. The molecule has 1 saturated heterocycles. The van der Waals surface area contributed by atoms with Crippen LogP contribution in [-0.2, 0) is 11.8 Å². The number of hydrogen-bond donors (Lipinski definition) is 3. The molecule has 3 N–H and O–H groups in total. The molecule has 0 bridgehead atoms. The van der Waals surface area contributed by atoms with Crippen molar-refractivity contribution in [3.63, 3.8) is 0 Å². The zero-order valence-corrected chi connectivity index (χ0v) is 20.2. The fourth-order valence-corrected chi connectivity index (χ4v) is 3.82. The van der Waals surface area contributed by atoms with Crippen LogP contribution >= 0.6 is 11.6 Å². The standard InChI is InChI=1S/C22H25ClN6O3.CH4O/c1-24-19(30)13-32-18-11-14-10-15(6-7-17(14)28(2)21(18)31)26-20-16(23)12-25-22(27-20)29-8-4-3-5-9-29;1-2/h6-7,10-12H,3-5,8-9,13H2,1-2H3,(H,24,30)(H,25,26,27);2H,1H3. The van der Waals surface area contributed by atoms with Gasteiger partial charge in [0, 0.05) is 45.4 Å². The van der Waals surface area contributed by atoms with E-state index in [0.29, 0.717) is 16.8 Å². The predicted octanol–water partition coefficient (Wildman–Crippen LogP) is 2.45. The molecule has 1 aliphatic heterocycles. The zero-order valence-electron chi connectivity index (χ0n) is 19.5. The number of nitrogens with one attached hydrogen (secondary N) is 2. The number of ether oxygens (including phenoxy) is 1. The third-order valence-electron chi connectivity index (χ3n) is 5.46. The van der Waals surface area contributed by atoms with E-state index in [9.17, 15) is 9.59 Å². The second-order valence-electron chi connectivity index (χ2n) is 7.65. The van der Waals surface area contributed by atoms with Gasteiger partial charge in [-0.15, -0.1) is 0 Å². The number of halogens is 1. The fraction of sp³-hybridized carbons (Fsp3) is 0.391. The molecule has 182 valence electrons. The maximum atomic E-state index is 12.5. The van der Waals surface area contributed by atoms with Crippen LogP contribution in [0.25, 0.3) is 10.9 Å². The van der Waals surface area contributed by atoms with Crippen LogP contribution in [0.5, 0.6) is 5.75 Å². The number of fused-ring (bicyclic) bond motifs is 1.